The third-order valence-corrected chi connectivity index (χ3v) is 5.55. The summed E-state index contributed by atoms with van der Waals surface area (Å²) in [6.07, 6.45) is 4.36. The quantitative estimate of drug-likeness (QED) is 0.281. The molecule has 0 saturated carbocycles. The Morgan fingerprint density at radius 2 is 2.00 bits per heavy atom. The van der Waals surface area contributed by atoms with Crippen LogP contribution in [0.3, 0.4) is 0 Å². The fourth-order valence-electron chi connectivity index (χ4n) is 3.51. The van der Waals surface area contributed by atoms with Crippen molar-refractivity contribution < 1.29 is 9.52 Å². The lowest BCUT2D eigenvalue weighted by atomic mass is 9.99. The average molecular weight is 541 g/mol. The Morgan fingerprint density at radius 1 is 1.26 bits per heavy atom. The fourth-order valence-corrected chi connectivity index (χ4v) is 3.51. The van der Waals surface area contributed by atoms with Crippen molar-refractivity contribution in [2.24, 2.45) is 10.9 Å². The van der Waals surface area contributed by atoms with E-state index >= 15 is 0 Å². The number of aryl methyl sites for hydroxylation is 1. The first kappa shape index (κ1) is 25.5. The molecule has 1 aliphatic rings. The van der Waals surface area contributed by atoms with Crippen LogP contribution in [-0.4, -0.2) is 42.2 Å². The highest BCUT2D eigenvalue weighted by atomic mass is 127. The molecule has 0 aromatic carbocycles. The highest BCUT2D eigenvalue weighted by Crippen LogP contribution is 2.22. The molecule has 3 N–H and O–H groups in total. The number of guanidine groups is 1. The van der Waals surface area contributed by atoms with Crippen molar-refractivity contribution in [3.63, 3.8) is 0 Å². The van der Waals surface area contributed by atoms with Crippen LogP contribution in [-0.2, 0) is 12.1 Å². The number of nitrogens with one attached hydrogen (secondary N) is 2. The van der Waals surface area contributed by atoms with E-state index in [0.717, 1.165) is 42.7 Å². The molecule has 0 amide bonds. The Labute approximate surface area is 202 Å². The minimum absolute atomic E-state index is 0. The molecule has 1 atom stereocenters. The first-order valence-corrected chi connectivity index (χ1v) is 10.9. The summed E-state index contributed by atoms with van der Waals surface area (Å²) in [4.78, 5) is 11.6. The average Bonchev–Trinajstić information content (AvgIpc) is 3.18. The van der Waals surface area contributed by atoms with Crippen LogP contribution >= 0.6 is 24.0 Å². The molecular formula is C23H36IN5O2. The molecule has 2 aromatic heterocycles. The molecule has 2 aromatic rings. The minimum atomic E-state index is -1.13. The molecule has 1 aliphatic heterocycles. The number of aliphatic hydroxyl groups is 1. The van der Waals surface area contributed by atoms with Gasteiger partial charge >= 0.3 is 0 Å². The van der Waals surface area contributed by atoms with Crippen LogP contribution in [0.15, 0.2) is 39.9 Å². The molecule has 0 spiro atoms. The number of rotatable bonds is 7. The second-order valence-corrected chi connectivity index (χ2v) is 8.43. The number of aliphatic imine (C=N–C) groups is 1. The van der Waals surface area contributed by atoms with Gasteiger partial charge < -0.3 is 25.1 Å². The van der Waals surface area contributed by atoms with Crippen LogP contribution in [0.5, 0.6) is 0 Å². The maximum atomic E-state index is 10.7. The predicted molar refractivity (Wildman–Crippen MR) is 136 cm³/mol. The Hall–Kier alpha value is -1.81. The van der Waals surface area contributed by atoms with E-state index in [9.17, 15) is 5.11 Å². The molecule has 172 valence electrons. The Morgan fingerprint density at radius 3 is 2.58 bits per heavy atom. The second-order valence-electron chi connectivity index (χ2n) is 8.43. The summed E-state index contributed by atoms with van der Waals surface area (Å²) in [6, 6.07) is 7.84. The molecule has 1 saturated heterocycles. The van der Waals surface area contributed by atoms with Gasteiger partial charge in [-0.3, -0.25) is 0 Å². The number of hydrogen-bond acceptors (Lipinski definition) is 5. The summed E-state index contributed by atoms with van der Waals surface area (Å²) < 4.78 is 5.57. The third-order valence-electron chi connectivity index (χ3n) is 5.55. The normalized spacial score (nSPS) is 17.1. The van der Waals surface area contributed by atoms with Gasteiger partial charge in [-0.2, -0.15) is 0 Å². The highest BCUT2D eigenvalue weighted by Gasteiger charge is 2.27. The van der Waals surface area contributed by atoms with E-state index in [1.165, 1.54) is 12.8 Å². The molecule has 1 unspecified atom stereocenters. The maximum Gasteiger partial charge on any atom is 0.191 e. The van der Waals surface area contributed by atoms with Crippen LogP contribution < -0.4 is 15.5 Å². The molecule has 3 heterocycles. The first-order valence-electron chi connectivity index (χ1n) is 10.9. The summed E-state index contributed by atoms with van der Waals surface area (Å²) in [7, 11) is 0. The predicted octanol–water partition coefficient (Wildman–Crippen LogP) is 3.80. The summed E-state index contributed by atoms with van der Waals surface area (Å²) in [5, 5.41) is 17.1. The van der Waals surface area contributed by atoms with E-state index < -0.39 is 5.60 Å². The Bertz CT molecular complexity index is 827. The monoisotopic (exact) mass is 541 g/mol. The van der Waals surface area contributed by atoms with E-state index in [-0.39, 0.29) is 30.5 Å². The number of piperidine rings is 1. The molecule has 7 nitrogen and oxygen atoms in total. The van der Waals surface area contributed by atoms with Gasteiger partial charge in [0.05, 0.1) is 13.1 Å². The number of aromatic nitrogens is 1. The van der Waals surface area contributed by atoms with E-state index in [0.29, 0.717) is 18.3 Å². The molecule has 3 rings (SSSR count). The number of anilines is 1. The van der Waals surface area contributed by atoms with Crippen molar-refractivity contribution in [3.8, 4) is 0 Å². The van der Waals surface area contributed by atoms with E-state index in [2.05, 4.69) is 44.6 Å². The SMILES string of the molecule is CCNC(=NCc1ccc(N2CCC(C)CC2)nc1)NCC(C)(O)c1ccc(C)o1.I. The van der Waals surface area contributed by atoms with Crippen molar-refractivity contribution in [1.82, 2.24) is 15.6 Å². The topological polar surface area (TPSA) is 85.9 Å². The van der Waals surface area contributed by atoms with Gasteiger partial charge in [0.2, 0.25) is 0 Å². The molecular weight excluding hydrogens is 505 g/mol. The van der Waals surface area contributed by atoms with Gasteiger partial charge in [0.25, 0.3) is 0 Å². The van der Waals surface area contributed by atoms with Gasteiger partial charge in [0.1, 0.15) is 22.9 Å². The number of pyridine rings is 1. The zero-order valence-corrected chi connectivity index (χ0v) is 21.3. The van der Waals surface area contributed by atoms with E-state index in [1.807, 2.05) is 26.1 Å². The fraction of sp³-hybridized carbons (Fsp3) is 0.565. The van der Waals surface area contributed by atoms with Crippen LogP contribution in [0.1, 0.15) is 50.7 Å². The molecule has 31 heavy (non-hydrogen) atoms. The van der Waals surface area contributed by atoms with E-state index in [4.69, 9.17) is 4.42 Å². The largest absolute Gasteiger partial charge is 0.463 e. The maximum absolute atomic E-state index is 10.7. The summed E-state index contributed by atoms with van der Waals surface area (Å²) in [5.41, 5.74) is -0.0747. The second kappa shape index (κ2) is 11.7. The van der Waals surface area contributed by atoms with Crippen LogP contribution in [0.4, 0.5) is 5.82 Å². The minimum Gasteiger partial charge on any atom is -0.463 e. The van der Waals surface area contributed by atoms with Gasteiger partial charge in [0.15, 0.2) is 5.96 Å². The number of furan rings is 1. The molecule has 0 bridgehead atoms. The summed E-state index contributed by atoms with van der Waals surface area (Å²) in [6.45, 7) is 11.6. The lowest BCUT2D eigenvalue weighted by Crippen LogP contribution is -2.44. The lowest BCUT2D eigenvalue weighted by Gasteiger charge is -2.31. The van der Waals surface area contributed by atoms with Crippen LogP contribution in [0.2, 0.25) is 0 Å². The number of halogens is 1. The van der Waals surface area contributed by atoms with E-state index in [1.54, 1.807) is 13.0 Å². The van der Waals surface area contributed by atoms with Crippen LogP contribution in [0.25, 0.3) is 0 Å². The van der Waals surface area contributed by atoms with Crippen molar-refractivity contribution >= 4 is 35.8 Å². The van der Waals surface area contributed by atoms with Gasteiger partial charge in [-0.25, -0.2) is 9.98 Å². The van der Waals surface area contributed by atoms with Crippen molar-refractivity contribution in [1.29, 1.82) is 0 Å². The molecule has 0 aliphatic carbocycles. The highest BCUT2D eigenvalue weighted by molar-refractivity contribution is 14.0. The van der Waals surface area contributed by atoms with Gasteiger partial charge in [-0.15, -0.1) is 24.0 Å². The molecule has 0 radical (unpaired) electrons. The zero-order chi connectivity index (χ0) is 21.6. The first-order chi connectivity index (χ1) is 14.4. The Balaban J connectivity index is 0.00000341. The number of hydrogen-bond donors (Lipinski definition) is 3. The molecule has 1 fully saturated rings. The summed E-state index contributed by atoms with van der Waals surface area (Å²) >= 11 is 0. The van der Waals surface area contributed by atoms with Crippen molar-refractivity contribution in [3.05, 3.63) is 47.5 Å². The standard InChI is InChI=1S/C23H35N5O2.HI/c1-5-24-22(27-16-23(4,29)20-8-6-18(3)30-20)26-15-19-7-9-21(25-14-19)28-12-10-17(2)11-13-28;/h6-9,14,17,29H,5,10-13,15-16H2,1-4H3,(H2,24,26,27);1H. The van der Waals surface area contributed by atoms with Crippen molar-refractivity contribution in [2.75, 3.05) is 31.1 Å². The zero-order valence-electron chi connectivity index (χ0n) is 19.0. The number of nitrogens with zero attached hydrogens (tertiary/aromatic N) is 3. The summed E-state index contributed by atoms with van der Waals surface area (Å²) in [5.74, 6) is 3.82. The van der Waals surface area contributed by atoms with Gasteiger partial charge in [-0.1, -0.05) is 13.0 Å². The van der Waals surface area contributed by atoms with Crippen LogP contribution in [0, 0.1) is 12.8 Å². The third kappa shape index (κ3) is 7.38. The smallest absolute Gasteiger partial charge is 0.191 e. The molecule has 8 heteroatoms. The Kier molecular flexibility index (Phi) is 9.61. The van der Waals surface area contributed by atoms with Crippen molar-refractivity contribution in [2.45, 2.75) is 52.7 Å². The van der Waals surface area contributed by atoms with Gasteiger partial charge in [0, 0.05) is 25.8 Å². The lowest BCUT2D eigenvalue weighted by molar-refractivity contribution is 0.0378. The van der Waals surface area contributed by atoms with Gasteiger partial charge in [-0.05, 0) is 63.3 Å².